The van der Waals surface area contributed by atoms with Gasteiger partial charge in [0.25, 0.3) is 0 Å². The Labute approximate surface area is 102 Å². The van der Waals surface area contributed by atoms with E-state index in [0.717, 1.165) is 32.2 Å². The molecule has 0 aromatic carbocycles. The van der Waals surface area contributed by atoms with Crippen LogP contribution >= 0.6 is 0 Å². The Bertz CT molecular complexity index is 374. The molecule has 0 bridgehead atoms. The molecule has 1 unspecified atom stereocenters. The molecule has 6 heteroatoms. The van der Waals surface area contributed by atoms with E-state index in [1.165, 1.54) is 0 Å². The molecule has 1 amide bonds. The Hall–Kier alpha value is -0.620. The highest BCUT2D eigenvalue weighted by atomic mass is 32.2. The fraction of sp³-hybridized carbons (Fsp3) is 0.909. The Morgan fingerprint density at radius 2 is 2.06 bits per heavy atom. The van der Waals surface area contributed by atoms with Crippen molar-refractivity contribution in [3.8, 4) is 0 Å². The second-order valence-corrected chi connectivity index (χ2v) is 7.28. The topological polar surface area (TPSA) is 75.3 Å². The maximum Gasteiger partial charge on any atom is 0.237 e. The predicted molar refractivity (Wildman–Crippen MR) is 65.5 cm³/mol. The zero-order chi connectivity index (χ0) is 12.3. The summed E-state index contributed by atoms with van der Waals surface area (Å²) in [6, 6.07) is -0.132. The second-order valence-electron chi connectivity index (χ2n) is 4.88. The summed E-state index contributed by atoms with van der Waals surface area (Å²) >= 11 is 0. The molecule has 2 heterocycles. The van der Waals surface area contributed by atoms with Gasteiger partial charge in [0.1, 0.15) is 0 Å². The van der Waals surface area contributed by atoms with Crippen molar-refractivity contribution in [2.45, 2.75) is 43.4 Å². The number of carbonyl (C=O) groups excluding carboxylic acids is 1. The van der Waals surface area contributed by atoms with Crippen molar-refractivity contribution in [1.29, 1.82) is 0 Å². The summed E-state index contributed by atoms with van der Waals surface area (Å²) in [5, 5.41) is 5.56. The van der Waals surface area contributed by atoms with E-state index < -0.39 is 9.84 Å². The van der Waals surface area contributed by atoms with Gasteiger partial charge in [-0.1, -0.05) is 6.42 Å². The number of amides is 1. The van der Waals surface area contributed by atoms with Crippen LogP contribution in [0.5, 0.6) is 0 Å². The van der Waals surface area contributed by atoms with Gasteiger partial charge in [-0.25, -0.2) is 8.42 Å². The van der Waals surface area contributed by atoms with Crippen molar-refractivity contribution >= 4 is 15.7 Å². The summed E-state index contributed by atoms with van der Waals surface area (Å²) < 4.78 is 23.2. The van der Waals surface area contributed by atoms with E-state index in [1.807, 2.05) is 0 Å². The van der Waals surface area contributed by atoms with Crippen LogP contribution in [0.1, 0.15) is 32.1 Å². The lowest BCUT2D eigenvalue weighted by Gasteiger charge is -2.23. The third kappa shape index (κ3) is 3.19. The van der Waals surface area contributed by atoms with Gasteiger partial charge in [0, 0.05) is 6.54 Å². The molecule has 0 radical (unpaired) electrons. The molecule has 0 spiro atoms. The summed E-state index contributed by atoms with van der Waals surface area (Å²) in [5.74, 6) is 0.224. The van der Waals surface area contributed by atoms with Gasteiger partial charge in [0.05, 0.1) is 17.0 Å². The van der Waals surface area contributed by atoms with Gasteiger partial charge in [-0.15, -0.1) is 0 Å². The van der Waals surface area contributed by atoms with E-state index in [1.54, 1.807) is 0 Å². The summed E-state index contributed by atoms with van der Waals surface area (Å²) in [7, 11) is -2.95. The largest absolute Gasteiger partial charge is 0.353 e. The molecule has 2 saturated heterocycles. The molecule has 0 aliphatic carbocycles. The van der Waals surface area contributed by atoms with Crippen LogP contribution in [0.3, 0.4) is 0 Å². The predicted octanol–water partition coefficient (Wildman–Crippen LogP) is -0.178. The fourth-order valence-electron chi connectivity index (χ4n) is 2.50. The molecule has 2 rings (SSSR count). The Kier molecular flexibility index (Phi) is 4.04. The van der Waals surface area contributed by atoms with Gasteiger partial charge in [0.15, 0.2) is 9.84 Å². The first-order chi connectivity index (χ1) is 8.09. The third-order valence-corrected chi connectivity index (χ3v) is 5.87. The number of sulfone groups is 1. The highest BCUT2D eigenvalue weighted by Gasteiger charge is 2.32. The number of nitrogens with one attached hydrogen (secondary N) is 2. The van der Waals surface area contributed by atoms with Crippen molar-refractivity contribution in [3.63, 3.8) is 0 Å². The molecule has 0 aromatic heterocycles. The van der Waals surface area contributed by atoms with Gasteiger partial charge in [-0.2, -0.15) is 0 Å². The molecule has 98 valence electrons. The van der Waals surface area contributed by atoms with Gasteiger partial charge >= 0.3 is 0 Å². The SMILES string of the molecule is O=C(NCC1CCCS1(=O)=O)[C@@H]1CCCCN1. The molecule has 2 aliphatic rings. The minimum atomic E-state index is -2.95. The number of hydrogen-bond acceptors (Lipinski definition) is 4. The lowest BCUT2D eigenvalue weighted by atomic mass is 10.0. The minimum absolute atomic E-state index is 0.0493. The Morgan fingerprint density at radius 1 is 1.24 bits per heavy atom. The first-order valence-electron chi connectivity index (χ1n) is 6.32. The standard InChI is InChI=1S/C11H20N2O3S/c14-11(10-5-1-2-6-12-10)13-8-9-4-3-7-17(9,15)16/h9-10,12H,1-8H2,(H,13,14)/t9?,10-/m0/s1. The van der Waals surface area contributed by atoms with Crippen molar-refractivity contribution in [1.82, 2.24) is 10.6 Å². The monoisotopic (exact) mass is 260 g/mol. The van der Waals surface area contributed by atoms with Crippen molar-refractivity contribution in [3.05, 3.63) is 0 Å². The fourth-order valence-corrected chi connectivity index (χ4v) is 4.27. The summed E-state index contributed by atoms with van der Waals surface area (Å²) in [4.78, 5) is 11.8. The Balaban J connectivity index is 1.79. The van der Waals surface area contributed by atoms with E-state index in [2.05, 4.69) is 10.6 Å². The summed E-state index contributed by atoms with van der Waals surface area (Å²) in [6.45, 7) is 1.15. The minimum Gasteiger partial charge on any atom is -0.353 e. The summed E-state index contributed by atoms with van der Waals surface area (Å²) in [5.41, 5.74) is 0. The quantitative estimate of drug-likeness (QED) is 0.738. The molecule has 2 atom stereocenters. The molecule has 0 aromatic rings. The molecule has 2 aliphatic heterocycles. The highest BCUT2D eigenvalue weighted by molar-refractivity contribution is 7.92. The number of carbonyl (C=O) groups is 1. The van der Waals surface area contributed by atoms with Crippen LogP contribution in [0.4, 0.5) is 0 Å². The first kappa shape index (κ1) is 12.8. The van der Waals surface area contributed by atoms with Gasteiger partial charge < -0.3 is 10.6 Å². The van der Waals surface area contributed by atoms with E-state index in [9.17, 15) is 13.2 Å². The molecule has 17 heavy (non-hydrogen) atoms. The molecule has 2 N–H and O–H groups in total. The van der Waals surface area contributed by atoms with Gasteiger partial charge in [0.2, 0.25) is 5.91 Å². The van der Waals surface area contributed by atoms with E-state index in [0.29, 0.717) is 6.42 Å². The van der Waals surface area contributed by atoms with Crippen LogP contribution in [0.2, 0.25) is 0 Å². The first-order valence-corrected chi connectivity index (χ1v) is 8.04. The lowest BCUT2D eigenvalue weighted by molar-refractivity contribution is -0.123. The smallest absolute Gasteiger partial charge is 0.237 e. The molecule has 5 nitrogen and oxygen atoms in total. The van der Waals surface area contributed by atoms with Crippen molar-refractivity contribution in [2.24, 2.45) is 0 Å². The number of hydrogen-bond donors (Lipinski definition) is 2. The highest BCUT2D eigenvalue weighted by Crippen LogP contribution is 2.19. The maximum absolute atomic E-state index is 11.8. The average molecular weight is 260 g/mol. The molecular formula is C11H20N2O3S. The number of piperidine rings is 1. The maximum atomic E-state index is 11.8. The second kappa shape index (κ2) is 5.35. The van der Waals surface area contributed by atoms with Crippen LogP contribution in [0.25, 0.3) is 0 Å². The lowest BCUT2D eigenvalue weighted by Crippen LogP contribution is -2.48. The van der Waals surface area contributed by atoms with Crippen molar-refractivity contribution < 1.29 is 13.2 Å². The zero-order valence-corrected chi connectivity index (χ0v) is 10.8. The van der Waals surface area contributed by atoms with Gasteiger partial charge in [-0.05, 0) is 32.2 Å². The zero-order valence-electron chi connectivity index (χ0n) is 9.94. The molecular weight excluding hydrogens is 240 g/mol. The van der Waals surface area contributed by atoms with E-state index >= 15 is 0 Å². The third-order valence-electron chi connectivity index (χ3n) is 3.59. The van der Waals surface area contributed by atoms with E-state index in [4.69, 9.17) is 0 Å². The molecule has 2 fully saturated rings. The van der Waals surface area contributed by atoms with Crippen LogP contribution in [-0.2, 0) is 14.6 Å². The Morgan fingerprint density at radius 3 is 2.65 bits per heavy atom. The van der Waals surface area contributed by atoms with Gasteiger partial charge in [-0.3, -0.25) is 4.79 Å². The summed E-state index contributed by atoms with van der Waals surface area (Å²) in [6.07, 6.45) is 4.43. The van der Waals surface area contributed by atoms with Crippen LogP contribution in [0, 0.1) is 0 Å². The van der Waals surface area contributed by atoms with Crippen LogP contribution in [0.15, 0.2) is 0 Å². The molecule has 0 saturated carbocycles. The number of rotatable bonds is 3. The van der Waals surface area contributed by atoms with Crippen LogP contribution in [-0.4, -0.2) is 44.5 Å². The van der Waals surface area contributed by atoms with Crippen molar-refractivity contribution in [2.75, 3.05) is 18.8 Å². The normalized spacial score (nSPS) is 32.2. The van der Waals surface area contributed by atoms with E-state index in [-0.39, 0.29) is 29.5 Å². The van der Waals surface area contributed by atoms with Crippen LogP contribution < -0.4 is 10.6 Å². The average Bonchev–Trinajstić information content (AvgIpc) is 2.66.